The molecule has 0 radical (unpaired) electrons. The Hall–Kier alpha value is -3.20. The molecule has 0 saturated heterocycles. The lowest BCUT2D eigenvalue weighted by atomic mass is 10.2. The van der Waals surface area contributed by atoms with Crippen LogP contribution in [0, 0.1) is 6.92 Å². The molecular weight excluding hydrogens is 380 g/mol. The second-order valence-electron chi connectivity index (χ2n) is 6.49. The molecule has 28 heavy (non-hydrogen) atoms. The number of benzene rings is 1. The monoisotopic (exact) mass is 398 g/mol. The van der Waals surface area contributed by atoms with Gasteiger partial charge in [-0.15, -0.1) is 11.3 Å². The minimum Gasteiger partial charge on any atom is -0.461 e. The van der Waals surface area contributed by atoms with Crippen molar-refractivity contribution in [1.82, 2.24) is 19.1 Å². The number of aromatic amines is 1. The summed E-state index contributed by atoms with van der Waals surface area (Å²) in [5.74, 6) is -0.478. The summed E-state index contributed by atoms with van der Waals surface area (Å²) in [7, 11) is 1.62. The van der Waals surface area contributed by atoms with Gasteiger partial charge in [0, 0.05) is 13.6 Å². The first-order valence-corrected chi connectivity index (χ1v) is 9.58. The summed E-state index contributed by atoms with van der Waals surface area (Å²) < 4.78 is 8.38. The predicted octanol–water partition coefficient (Wildman–Crippen LogP) is 2.19. The summed E-state index contributed by atoms with van der Waals surface area (Å²) >= 11 is 1.16. The van der Waals surface area contributed by atoms with E-state index in [1.54, 1.807) is 18.5 Å². The Morgan fingerprint density at radius 1 is 1.29 bits per heavy atom. The van der Waals surface area contributed by atoms with Gasteiger partial charge >= 0.3 is 11.7 Å². The van der Waals surface area contributed by atoms with E-state index in [0.717, 1.165) is 22.4 Å². The smallest absolute Gasteiger partial charge is 0.348 e. The van der Waals surface area contributed by atoms with Crippen LogP contribution in [0.2, 0.25) is 0 Å². The molecular formula is C19H18N4O4S. The zero-order chi connectivity index (χ0) is 19.8. The third kappa shape index (κ3) is 3.03. The molecule has 0 spiro atoms. The van der Waals surface area contributed by atoms with Gasteiger partial charge in [-0.2, -0.15) is 0 Å². The molecule has 0 fully saturated rings. The molecule has 0 unspecified atom stereocenters. The summed E-state index contributed by atoms with van der Waals surface area (Å²) in [4.78, 5) is 44.7. The minimum absolute atomic E-state index is 0.171. The Morgan fingerprint density at radius 3 is 2.89 bits per heavy atom. The first-order chi connectivity index (χ1) is 13.5. The van der Waals surface area contributed by atoms with Crippen LogP contribution < -0.4 is 11.2 Å². The molecule has 0 bridgehead atoms. The third-order valence-corrected chi connectivity index (χ3v) is 5.82. The highest BCUT2D eigenvalue weighted by Gasteiger charge is 2.20. The van der Waals surface area contributed by atoms with E-state index in [4.69, 9.17) is 4.74 Å². The first-order valence-electron chi connectivity index (χ1n) is 8.77. The maximum Gasteiger partial charge on any atom is 0.348 e. The predicted molar refractivity (Wildman–Crippen MR) is 107 cm³/mol. The Kier molecular flexibility index (Phi) is 4.60. The molecule has 0 saturated carbocycles. The molecule has 0 aliphatic heterocycles. The van der Waals surface area contributed by atoms with Crippen LogP contribution in [-0.2, 0) is 18.3 Å². The average molecular weight is 398 g/mol. The van der Waals surface area contributed by atoms with Gasteiger partial charge < -0.3 is 14.3 Å². The zero-order valence-corrected chi connectivity index (χ0v) is 16.2. The third-order valence-electron chi connectivity index (χ3n) is 4.64. The number of carbonyl (C=O) groups excluding carboxylic acids is 1. The van der Waals surface area contributed by atoms with Crippen LogP contribution in [0.3, 0.4) is 0 Å². The molecule has 9 heteroatoms. The lowest BCUT2D eigenvalue weighted by Gasteiger charge is -2.05. The lowest BCUT2D eigenvalue weighted by molar-refractivity contribution is 0.0501. The van der Waals surface area contributed by atoms with Gasteiger partial charge in [0.2, 0.25) is 0 Å². The van der Waals surface area contributed by atoms with E-state index in [2.05, 4.69) is 9.97 Å². The van der Waals surface area contributed by atoms with Crippen LogP contribution >= 0.6 is 11.3 Å². The number of ether oxygens (including phenoxy) is 1. The van der Waals surface area contributed by atoms with Crippen molar-refractivity contribution in [3.63, 3.8) is 0 Å². The first kappa shape index (κ1) is 18.2. The van der Waals surface area contributed by atoms with Crippen LogP contribution in [-0.4, -0.2) is 31.7 Å². The van der Waals surface area contributed by atoms with Gasteiger partial charge in [0.05, 0.1) is 29.4 Å². The van der Waals surface area contributed by atoms with Gasteiger partial charge in [0.25, 0.3) is 5.56 Å². The quantitative estimate of drug-likeness (QED) is 0.410. The fraction of sp³-hybridized carbons (Fsp3) is 0.263. The molecule has 3 aromatic heterocycles. The van der Waals surface area contributed by atoms with Crippen LogP contribution in [0.5, 0.6) is 0 Å². The number of aromatic nitrogens is 4. The molecule has 8 nitrogen and oxygen atoms in total. The van der Waals surface area contributed by atoms with Crippen molar-refractivity contribution in [2.45, 2.75) is 19.9 Å². The Balaban J connectivity index is 1.45. The number of carbonyl (C=O) groups is 1. The molecule has 144 valence electrons. The van der Waals surface area contributed by atoms with Crippen molar-refractivity contribution < 1.29 is 9.53 Å². The fourth-order valence-electron chi connectivity index (χ4n) is 3.19. The van der Waals surface area contributed by atoms with Crippen molar-refractivity contribution in [3.05, 3.63) is 61.9 Å². The largest absolute Gasteiger partial charge is 0.461 e. The summed E-state index contributed by atoms with van der Waals surface area (Å²) in [5.41, 5.74) is 1.82. The summed E-state index contributed by atoms with van der Waals surface area (Å²) in [6.45, 7) is 2.33. The van der Waals surface area contributed by atoms with Crippen LogP contribution in [0.1, 0.15) is 21.7 Å². The highest BCUT2D eigenvalue weighted by molar-refractivity contribution is 7.20. The SMILES string of the molecule is Cc1c(C(=O)OCCCn2c(=O)[nH]c3ccccc32)sc2ncn(C)c(=O)c12. The van der Waals surface area contributed by atoms with Gasteiger partial charge in [-0.3, -0.25) is 9.36 Å². The van der Waals surface area contributed by atoms with Gasteiger partial charge in [-0.1, -0.05) is 12.1 Å². The van der Waals surface area contributed by atoms with E-state index in [1.165, 1.54) is 10.9 Å². The molecule has 1 N–H and O–H groups in total. The number of hydrogen-bond donors (Lipinski definition) is 1. The normalized spacial score (nSPS) is 11.4. The number of thiophene rings is 1. The molecule has 3 heterocycles. The number of imidazole rings is 1. The fourth-order valence-corrected chi connectivity index (χ4v) is 4.22. The van der Waals surface area contributed by atoms with Crippen molar-refractivity contribution in [2.75, 3.05) is 6.61 Å². The number of rotatable bonds is 5. The van der Waals surface area contributed by atoms with Gasteiger partial charge in [-0.25, -0.2) is 14.6 Å². The van der Waals surface area contributed by atoms with E-state index in [1.807, 2.05) is 24.3 Å². The summed E-state index contributed by atoms with van der Waals surface area (Å²) in [6, 6.07) is 7.44. The summed E-state index contributed by atoms with van der Waals surface area (Å²) in [5, 5.41) is 0.451. The Morgan fingerprint density at radius 2 is 2.07 bits per heavy atom. The molecule has 0 aliphatic carbocycles. The number of para-hydroxylation sites is 2. The summed E-state index contributed by atoms with van der Waals surface area (Å²) in [6.07, 6.45) is 1.94. The Bertz CT molecular complexity index is 1310. The molecule has 1 aromatic carbocycles. The Labute approximate surface area is 163 Å². The molecule has 4 aromatic rings. The van der Waals surface area contributed by atoms with Crippen molar-refractivity contribution in [3.8, 4) is 0 Å². The molecule has 0 amide bonds. The second kappa shape index (κ2) is 7.08. The van der Waals surface area contributed by atoms with Gasteiger partial charge in [-0.05, 0) is 31.0 Å². The topological polar surface area (TPSA) is 99.0 Å². The number of hydrogen-bond acceptors (Lipinski definition) is 6. The number of aryl methyl sites for hydroxylation is 3. The lowest BCUT2D eigenvalue weighted by Crippen LogP contribution is -2.18. The van der Waals surface area contributed by atoms with Crippen molar-refractivity contribution in [1.29, 1.82) is 0 Å². The van der Waals surface area contributed by atoms with E-state index in [9.17, 15) is 14.4 Å². The maximum absolute atomic E-state index is 12.4. The molecule has 0 atom stereocenters. The number of esters is 1. The van der Waals surface area contributed by atoms with Crippen LogP contribution in [0.15, 0.2) is 40.2 Å². The van der Waals surface area contributed by atoms with E-state index in [0.29, 0.717) is 33.6 Å². The van der Waals surface area contributed by atoms with Gasteiger partial charge in [0.15, 0.2) is 0 Å². The van der Waals surface area contributed by atoms with E-state index >= 15 is 0 Å². The average Bonchev–Trinajstić information content (AvgIpc) is 3.18. The number of fused-ring (bicyclic) bond motifs is 2. The highest BCUT2D eigenvalue weighted by atomic mass is 32.1. The molecule has 4 rings (SSSR count). The van der Waals surface area contributed by atoms with Crippen molar-refractivity contribution >= 4 is 38.6 Å². The highest BCUT2D eigenvalue weighted by Crippen LogP contribution is 2.27. The maximum atomic E-state index is 12.4. The second-order valence-corrected chi connectivity index (χ2v) is 7.48. The number of H-pyrrole nitrogens is 1. The van der Waals surface area contributed by atoms with E-state index < -0.39 is 5.97 Å². The minimum atomic E-state index is -0.478. The van der Waals surface area contributed by atoms with Gasteiger partial charge in [0.1, 0.15) is 9.71 Å². The van der Waals surface area contributed by atoms with Crippen LogP contribution in [0.25, 0.3) is 21.3 Å². The standard InChI is InChI=1S/C19H18N4O4S/c1-11-14-16(20-10-22(2)17(14)24)28-15(11)18(25)27-9-5-8-23-13-7-4-3-6-12(13)21-19(23)26/h3-4,6-7,10H,5,8-9H2,1-2H3,(H,21,26). The molecule has 0 aliphatic rings. The number of nitrogens with zero attached hydrogens (tertiary/aromatic N) is 3. The van der Waals surface area contributed by atoms with Crippen LogP contribution in [0.4, 0.5) is 0 Å². The van der Waals surface area contributed by atoms with Crippen molar-refractivity contribution in [2.24, 2.45) is 7.05 Å². The van der Waals surface area contributed by atoms with E-state index in [-0.39, 0.29) is 17.9 Å². The number of nitrogens with one attached hydrogen (secondary N) is 1. The zero-order valence-electron chi connectivity index (χ0n) is 15.4.